The number of aromatic nitrogens is 2. The van der Waals surface area contributed by atoms with Crippen molar-refractivity contribution in [1.29, 1.82) is 0 Å². The van der Waals surface area contributed by atoms with Crippen LogP contribution in [0.1, 0.15) is 45.9 Å². The molecule has 2 aliphatic rings. The summed E-state index contributed by atoms with van der Waals surface area (Å²) in [6.07, 6.45) is 3.49. The van der Waals surface area contributed by atoms with Crippen LogP contribution in [0.25, 0.3) is 10.9 Å². The number of hydrogen-bond acceptors (Lipinski definition) is 4. The number of carbonyl (C=O) groups is 1. The molecule has 0 radical (unpaired) electrons. The van der Waals surface area contributed by atoms with E-state index < -0.39 is 0 Å². The Labute approximate surface area is 159 Å². The molecule has 2 fully saturated rings. The number of carbonyl (C=O) groups excluding carboxylic acids is 1. The lowest BCUT2D eigenvalue weighted by molar-refractivity contribution is -0.129. The van der Waals surface area contributed by atoms with Crippen molar-refractivity contribution in [2.24, 2.45) is 10.8 Å². The normalized spacial score (nSPS) is 27.1. The molecule has 1 saturated carbocycles. The molecule has 0 N–H and O–H groups in total. The molecule has 4 rings (SSSR count). The molecule has 2 aromatic rings. The van der Waals surface area contributed by atoms with Crippen LogP contribution in [0.15, 0.2) is 29.3 Å². The van der Waals surface area contributed by atoms with Gasteiger partial charge < -0.3 is 4.90 Å². The van der Waals surface area contributed by atoms with Crippen LogP contribution in [0, 0.1) is 17.8 Å². The average Bonchev–Trinajstić information content (AvgIpc) is 2.81. The molecule has 2 heterocycles. The van der Waals surface area contributed by atoms with E-state index in [1.165, 1.54) is 6.42 Å². The van der Waals surface area contributed by atoms with Crippen molar-refractivity contribution in [1.82, 2.24) is 14.9 Å². The van der Waals surface area contributed by atoms with Gasteiger partial charge in [-0.2, -0.15) is 0 Å². The largest absolute Gasteiger partial charge is 0.338 e. The minimum Gasteiger partial charge on any atom is -0.338 e. The first-order chi connectivity index (χ1) is 12.2. The lowest BCUT2D eigenvalue weighted by Crippen LogP contribution is -2.38. The summed E-state index contributed by atoms with van der Waals surface area (Å²) in [5, 5.41) is 1.94. The number of amides is 1. The first-order valence-electron chi connectivity index (χ1n) is 9.40. The molecule has 2 bridgehead atoms. The van der Waals surface area contributed by atoms with Crippen LogP contribution in [0.3, 0.4) is 0 Å². The highest BCUT2D eigenvalue weighted by Gasteiger charge is 2.50. The summed E-state index contributed by atoms with van der Waals surface area (Å²) in [5.74, 6) is 1.46. The Balaban J connectivity index is 1.50. The van der Waals surface area contributed by atoms with Gasteiger partial charge in [-0.15, -0.1) is 0 Å². The van der Waals surface area contributed by atoms with Gasteiger partial charge in [-0.05, 0) is 43.1 Å². The predicted molar refractivity (Wildman–Crippen MR) is 106 cm³/mol. The number of thioether (sulfide) groups is 1. The van der Waals surface area contributed by atoms with Gasteiger partial charge >= 0.3 is 0 Å². The Hall–Kier alpha value is -1.62. The van der Waals surface area contributed by atoms with E-state index in [4.69, 9.17) is 0 Å². The van der Waals surface area contributed by atoms with Crippen molar-refractivity contribution in [2.75, 3.05) is 12.3 Å². The van der Waals surface area contributed by atoms with Gasteiger partial charge in [0.15, 0.2) is 0 Å². The third kappa shape index (κ3) is 3.34. The number of fused-ring (bicyclic) bond motifs is 3. The Morgan fingerprint density at radius 1 is 1.23 bits per heavy atom. The fourth-order valence-corrected chi connectivity index (χ4v) is 6.18. The van der Waals surface area contributed by atoms with Crippen LogP contribution < -0.4 is 0 Å². The molecule has 5 heteroatoms. The lowest BCUT2D eigenvalue weighted by Gasteiger charge is -2.39. The van der Waals surface area contributed by atoms with Crippen molar-refractivity contribution in [2.45, 2.75) is 58.0 Å². The van der Waals surface area contributed by atoms with Crippen LogP contribution in [0.5, 0.6) is 0 Å². The van der Waals surface area contributed by atoms with E-state index in [-0.39, 0.29) is 11.3 Å². The van der Waals surface area contributed by atoms with Crippen LogP contribution in [0.4, 0.5) is 0 Å². The number of nitrogens with zero attached hydrogens (tertiary/aromatic N) is 3. The maximum absolute atomic E-state index is 13.0. The molecular formula is C21H27N3OS. The molecule has 1 saturated heterocycles. The zero-order valence-electron chi connectivity index (χ0n) is 16.1. The van der Waals surface area contributed by atoms with Gasteiger partial charge in [-0.1, -0.05) is 50.7 Å². The first-order valence-corrected chi connectivity index (χ1v) is 10.4. The van der Waals surface area contributed by atoms with E-state index in [0.717, 1.165) is 41.1 Å². The van der Waals surface area contributed by atoms with Crippen molar-refractivity contribution in [3.05, 3.63) is 30.1 Å². The summed E-state index contributed by atoms with van der Waals surface area (Å²) in [6, 6.07) is 8.43. The second kappa shape index (κ2) is 6.22. The van der Waals surface area contributed by atoms with Crippen molar-refractivity contribution < 1.29 is 4.79 Å². The number of para-hydroxylation sites is 1. The minimum absolute atomic E-state index is 0.252. The maximum Gasteiger partial charge on any atom is 0.233 e. The SMILES string of the molecule is Cc1nc(SCC(=O)N2C[C@@]3(C)C[C@H]2CC(C)(C)C3)c2ccccc2n1. The monoisotopic (exact) mass is 369 g/mol. The van der Waals surface area contributed by atoms with E-state index in [1.54, 1.807) is 11.8 Å². The fourth-order valence-electron chi connectivity index (χ4n) is 5.23. The molecule has 0 spiro atoms. The molecule has 2 atom stereocenters. The highest BCUT2D eigenvalue weighted by atomic mass is 32.2. The summed E-state index contributed by atoms with van der Waals surface area (Å²) < 4.78 is 0. The number of hydrogen-bond donors (Lipinski definition) is 0. The zero-order chi connectivity index (χ0) is 18.5. The van der Waals surface area contributed by atoms with Gasteiger partial charge in [-0.25, -0.2) is 9.97 Å². The van der Waals surface area contributed by atoms with Gasteiger partial charge in [0.05, 0.1) is 11.3 Å². The summed E-state index contributed by atoms with van der Waals surface area (Å²) in [6.45, 7) is 9.85. The summed E-state index contributed by atoms with van der Waals surface area (Å²) in [7, 11) is 0. The average molecular weight is 370 g/mol. The second-order valence-electron chi connectivity index (χ2n) is 9.12. The van der Waals surface area contributed by atoms with E-state index in [1.807, 2.05) is 31.2 Å². The van der Waals surface area contributed by atoms with Crippen LogP contribution in [-0.4, -0.2) is 39.1 Å². The van der Waals surface area contributed by atoms with Gasteiger partial charge in [-0.3, -0.25) is 4.79 Å². The van der Waals surface area contributed by atoms with Crippen LogP contribution in [-0.2, 0) is 4.79 Å². The van der Waals surface area contributed by atoms with Crippen molar-refractivity contribution >= 4 is 28.6 Å². The molecule has 1 aliphatic heterocycles. The molecule has 26 heavy (non-hydrogen) atoms. The van der Waals surface area contributed by atoms with Gasteiger partial charge in [0.25, 0.3) is 0 Å². The standard InChI is InChI=1S/C21H27N3OS/c1-14-22-17-8-6-5-7-16(17)19(23-14)26-11-18(25)24-13-21(4)10-15(24)9-20(2,3)12-21/h5-8,15H,9-13H2,1-4H3/t15-,21+/m1/s1. The highest BCUT2D eigenvalue weighted by molar-refractivity contribution is 8.00. The van der Waals surface area contributed by atoms with E-state index in [0.29, 0.717) is 17.2 Å². The molecule has 1 aromatic heterocycles. The third-order valence-corrected chi connectivity index (χ3v) is 6.72. The summed E-state index contributed by atoms with van der Waals surface area (Å²) in [5.41, 5.74) is 1.56. The van der Waals surface area contributed by atoms with Gasteiger partial charge in [0.2, 0.25) is 5.91 Å². The Morgan fingerprint density at radius 3 is 2.81 bits per heavy atom. The molecule has 4 nitrogen and oxygen atoms in total. The Morgan fingerprint density at radius 2 is 2.00 bits per heavy atom. The molecule has 1 aromatic carbocycles. The van der Waals surface area contributed by atoms with E-state index in [9.17, 15) is 4.79 Å². The van der Waals surface area contributed by atoms with Gasteiger partial charge in [0.1, 0.15) is 10.9 Å². The fraction of sp³-hybridized carbons (Fsp3) is 0.571. The number of aryl methyl sites for hydroxylation is 1. The van der Waals surface area contributed by atoms with Crippen LogP contribution in [0.2, 0.25) is 0 Å². The maximum atomic E-state index is 13.0. The van der Waals surface area contributed by atoms with Crippen molar-refractivity contribution in [3.8, 4) is 0 Å². The Bertz CT molecular complexity index is 865. The van der Waals surface area contributed by atoms with E-state index in [2.05, 4.69) is 35.6 Å². The minimum atomic E-state index is 0.252. The first kappa shape index (κ1) is 17.8. The number of rotatable bonds is 3. The second-order valence-corrected chi connectivity index (χ2v) is 10.1. The van der Waals surface area contributed by atoms with Crippen molar-refractivity contribution in [3.63, 3.8) is 0 Å². The molecule has 0 unspecified atom stereocenters. The predicted octanol–water partition coefficient (Wildman–Crippen LogP) is 4.46. The molecule has 1 aliphatic carbocycles. The lowest BCUT2D eigenvalue weighted by atomic mass is 9.65. The number of likely N-dealkylation sites (tertiary alicyclic amines) is 1. The van der Waals surface area contributed by atoms with E-state index >= 15 is 0 Å². The Kier molecular flexibility index (Phi) is 4.25. The number of benzene rings is 1. The topological polar surface area (TPSA) is 46.1 Å². The summed E-state index contributed by atoms with van der Waals surface area (Å²) in [4.78, 5) is 24.2. The summed E-state index contributed by atoms with van der Waals surface area (Å²) >= 11 is 1.55. The van der Waals surface area contributed by atoms with Gasteiger partial charge in [0, 0.05) is 18.0 Å². The smallest absolute Gasteiger partial charge is 0.233 e. The third-order valence-electron chi connectivity index (χ3n) is 5.75. The highest BCUT2D eigenvalue weighted by Crippen LogP contribution is 2.52. The molecular weight excluding hydrogens is 342 g/mol. The zero-order valence-corrected chi connectivity index (χ0v) is 16.9. The molecule has 1 amide bonds. The quantitative estimate of drug-likeness (QED) is 0.592. The molecule has 138 valence electrons. The van der Waals surface area contributed by atoms with Crippen LogP contribution >= 0.6 is 11.8 Å².